The van der Waals surface area contributed by atoms with Gasteiger partial charge in [0.15, 0.2) is 0 Å². The Morgan fingerprint density at radius 3 is 2.27 bits per heavy atom. The molecule has 0 aromatic heterocycles. The van der Waals surface area contributed by atoms with E-state index in [4.69, 9.17) is 11.6 Å². The van der Waals surface area contributed by atoms with E-state index in [0.29, 0.717) is 11.8 Å². The summed E-state index contributed by atoms with van der Waals surface area (Å²) in [6.07, 6.45) is 4.24. The zero-order valence-corrected chi connectivity index (χ0v) is 8.56. The van der Waals surface area contributed by atoms with Crippen LogP contribution in [0.3, 0.4) is 0 Å². The third-order valence-corrected chi connectivity index (χ3v) is 2.53. The maximum absolute atomic E-state index is 6.17. The summed E-state index contributed by atoms with van der Waals surface area (Å²) in [5, 5.41) is 0.275. The van der Waals surface area contributed by atoms with E-state index < -0.39 is 0 Å². The Morgan fingerprint density at radius 1 is 1.45 bits per heavy atom. The van der Waals surface area contributed by atoms with Gasteiger partial charge in [-0.15, -0.1) is 18.2 Å². The molecule has 0 fully saturated rings. The standard InChI is InChI=1S/C10H19Cl/c1-5-7-10(11)9(6-2)8(3)4/h6,8-10H,2,5,7H2,1,3-4H3. The van der Waals surface area contributed by atoms with Crippen LogP contribution < -0.4 is 0 Å². The Labute approximate surface area is 75.6 Å². The predicted octanol–water partition coefficient (Wildman–Crippen LogP) is 3.85. The van der Waals surface area contributed by atoms with Gasteiger partial charge in [-0.05, 0) is 18.3 Å². The molecule has 0 aliphatic rings. The van der Waals surface area contributed by atoms with E-state index in [1.165, 1.54) is 0 Å². The molecule has 2 atom stereocenters. The van der Waals surface area contributed by atoms with Crippen LogP contribution in [0.1, 0.15) is 33.6 Å². The third kappa shape index (κ3) is 3.81. The first-order chi connectivity index (χ1) is 5.13. The molecule has 0 bridgehead atoms. The second kappa shape index (κ2) is 5.65. The van der Waals surface area contributed by atoms with Gasteiger partial charge in [-0.1, -0.05) is 33.3 Å². The zero-order chi connectivity index (χ0) is 8.85. The molecular formula is C10H19Cl. The minimum atomic E-state index is 0.275. The molecule has 11 heavy (non-hydrogen) atoms. The van der Waals surface area contributed by atoms with Gasteiger partial charge in [0, 0.05) is 5.38 Å². The summed E-state index contributed by atoms with van der Waals surface area (Å²) in [6, 6.07) is 0. The highest BCUT2D eigenvalue weighted by molar-refractivity contribution is 6.20. The van der Waals surface area contributed by atoms with E-state index >= 15 is 0 Å². The average molecular weight is 175 g/mol. The zero-order valence-electron chi connectivity index (χ0n) is 7.81. The van der Waals surface area contributed by atoms with Crippen molar-refractivity contribution in [3.8, 4) is 0 Å². The molecule has 0 spiro atoms. The fourth-order valence-electron chi connectivity index (χ4n) is 1.31. The van der Waals surface area contributed by atoms with Gasteiger partial charge in [-0.3, -0.25) is 0 Å². The number of rotatable bonds is 5. The predicted molar refractivity (Wildman–Crippen MR) is 53.1 cm³/mol. The molecule has 0 radical (unpaired) electrons. The first kappa shape index (κ1) is 11.0. The molecular weight excluding hydrogens is 156 g/mol. The summed E-state index contributed by atoms with van der Waals surface area (Å²) in [7, 11) is 0. The van der Waals surface area contributed by atoms with E-state index in [2.05, 4.69) is 27.4 Å². The van der Waals surface area contributed by atoms with Gasteiger partial charge in [-0.25, -0.2) is 0 Å². The highest BCUT2D eigenvalue weighted by atomic mass is 35.5. The lowest BCUT2D eigenvalue weighted by Crippen LogP contribution is -2.17. The largest absolute Gasteiger partial charge is 0.122 e. The van der Waals surface area contributed by atoms with Gasteiger partial charge in [0.2, 0.25) is 0 Å². The summed E-state index contributed by atoms with van der Waals surface area (Å²) in [5.41, 5.74) is 0. The normalized spacial score (nSPS) is 16.5. The van der Waals surface area contributed by atoms with Crippen molar-refractivity contribution in [2.24, 2.45) is 11.8 Å². The quantitative estimate of drug-likeness (QED) is 0.439. The van der Waals surface area contributed by atoms with Gasteiger partial charge < -0.3 is 0 Å². The Hall–Kier alpha value is 0.0300. The monoisotopic (exact) mass is 174 g/mol. The SMILES string of the molecule is C=CC(C(C)C)C(Cl)CCC. The average Bonchev–Trinajstić information content (AvgIpc) is 1.88. The molecule has 0 heterocycles. The maximum Gasteiger partial charge on any atom is 0.0400 e. The third-order valence-electron chi connectivity index (χ3n) is 2.02. The molecule has 1 heteroatoms. The number of alkyl halides is 1. The van der Waals surface area contributed by atoms with Crippen LogP contribution >= 0.6 is 11.6 Å². The van der Waals surface area contributed by atoms with E-state index in [1.54, 1.807) is 0 Å². The summed E-state index contributed by atoms with van der Waals surface area (Å²) in [6.45, 7) is 10.3. The smallest absolute Gasteiger partial charge is 0.0400 e. The molecule has 0 aliphatic carbocycles. The molecule has 0 aromatic rings. The Morgan fingerprint density at radius 2 is 2.00 bits per heavy atom. The first-order valence-corrected chi connectivity index (χ1v) is 4.83. The Bertz CT molecular complexity index is 107. The van der Waals surface area contributed by atoms with Crippen LogP contribution in [0.2, 0.25) is 0 Å². The van der Waals surface area contributed by atoms with E-state index in [-0.39, 0.29) is 5.38 Å². The molecule has 0 aliphatic heterocycles. The summed E-state index contributed by atoms with van der Waals surface area (Å²) >= 11 is 6.17. The van der Waals surface area contributed by atoms with Gasteiger partial charge >= 0.3 is 0 Å². The first-order valence-electron chi connectivity index (χ1n) is 4.40. The van der Waals surface area contributed by atoms with Gasteiger partial charge in [0.25, 0.3) is 0 Å². The van der Waals surface area contributed by atoms with Crippen molar-refractivity contribution in [3.05, 3.63) is 12.7 Å². The second-order valence-electron chi connectivity index (χ2n) is 3.36. The maximum atomic E-state index is 6.17. The van der Waals surface area contributed by atoms with E-state index in [1.807, 2.05) is 6.08 Å². The highest BCUT2D eigenvalue weighted by Crippen LogP contribution is 2.24. The summed E-state index contributed by atoms with van der Waals surface area (Å²) < 4.78 is 0. The Balaban J connectivity index is 3.91. The lowest BCUT2D eigenvalue weighted by atomic mass is 9.90. The van der Waals surface area contributed by atoms with Crippen LogP contribution in [-0.4, -0.2) is 5.38 Å². The lowest BCUT2D eigenvalue weighted by molar-refractivity contribution is 0.430. The molecule has 66 valence electrons. The van der Waals surface area contributed by atoms with Crippen LogP contribution in [0.5, 0.6) is 0 Å². The number of allylic oxidation sites excluding steroid dienone is 1. The molecule has 2 unspecified atom stereocenters. The van der Waals surface area contributed by atoms with Crippen LogP contribution in [-0.2, 0) is 0 Å². The topological polar surface area (TPSA) is 0 Å². The van der Waals surface area contributed by atoms with Crippen LogP contribution in [0, 0.1) is 11.8 Å². The van der Waals surface area contributed by atoms with Gasteiger partial charge in [0.05, 0.1) is 0 Å². The van der Waals surface area contributed by atoms with Gasteiger partial charge in [0.1, 0.15) is 0 Å². The molecule has 0 aromatic carbocycles. The fourth-order valence-corrected chi connectivity index (χ4v) is 1.92. The number of hydrogen-bond donors (Lipinski definition) is 0. The second-order valence-corrected chi connectivity index (χ2v) is 3.92. The highest BCUT2D eigenvalue weighted by Gasteiger charge is 2.17. The van der Waals surface area contributed by atoms with Crippen LogP contribution in [0.4, 0.5) is 0 Å². The molecule has 0 amide bonds. The molecule has 0 nitrogen and oxygen atoms in total. The van der Waals surface area contributed by atoms with Crippen molar-refractivity contribution in [3.63, 3.8) is 0 Å². The van der Waals surface area contributed by atoms with Crippen LogP contribution in [0.25, 0.3) is 0 Å². The van der Waals surface area contributed by atoms with Gasteiger partial charge in [-0.2, -0.15) is 0 Å². The molecule has 0 saturated carbocycles. The van der Waals surface area contributed by atoms with Crippen LogP contribution in [0.15, 0.2) is 12.7 Å². The van der Waals surface area contributed by atoms with E-state index in [9.17, 15) is 0 Å². The minimum absolute atomic E-state index is 0.275. The lowest BCUT2D eigenvalue weighted by Gasteiger charge is -2.21. The fraction of sp³-hybridized carbons (Fsp3) is 0.800. The van der Waals surface area contributed by atoms with Crippen molar-refractivity contribution in [2.75, 3.05) is 0 Å². The number of halogens is 1. The Kier molecular flexibility index (Phi) is 5.67. The molecule has 0 N–H and O–H groups in total. The van der Waals surface area contributed by atoms with Crippen molar-refractivity contribution >= 4 is 11.6 Å². The minimum Gasteiger partial charge on any atom is -0.122 e. The van der Waals surface area contributed by atoms with Crippen molar-refractivity contribution in [1.29, 1.82) is 0 Å². The number of hydrogen-bond acceptors (Lipinski definition) is 0. The molecule has 0 saturated heterocycles. The van der Waals surface area contributed by atoms with E-state index in [0.717, 1.165) is 12.8 Å². The van der Waals surface area contributed by atoms with Crippen molar-refractivity contribution < 1.29 is 0 Å². The summed E-state index contributed by atoms with van der Waals surface area (Å²) in [4.78, 5) is 0. The summed E-state index contributed by atoms with van der Waals surface area (Å²) in [5.74, 6) is 1.08. The van der Waals surface area contributed by atoms with Crippen molar-refractivity contribution in [2.45, 2.75) is 39.0 Å². The van der Waals surface area contributed by atoms with Crippen molar-refractivity contribution in [1.82, 2.24) is 0 Å². The molecule has 0 rings (SSSR count).